The average Bonchev–Trinajstić information content (AvgIpc) is 3.20. The molecule has 0 unspecified atom stereocenters. The molecule has 3 heterocycles. The number of thiazole rings is 1. The number of amides is 1. The lowest BCUT2D eigenvalue weighted by Crippen LogP contribution is -2.31. The van der Waals surface area contributed by atoms with Crippen LogP contribution in [0.4, 0.5) is 11.1 Å². The molecule has 0 bridgehead atoms. The van der Waals surface area contributed by atoms with E-state index in [-0.39, 0.29) is 5.91 Å². The van der Waals surface area contributed by atoms with Gasteiger partial charge in [-0.2, -0.15) is 0 Å². The maximum atomic E-state index is 11.1. The van der Waals surface area contributed by atoms with E-state index in [0.717, 1.165) is 35.6 Å². The zero-order chi connectivity index (χ0) is 17.2. The third-order valence-electron chi connectivity index (χ3n) is 4.38. The van der Waals surface area contributed by atoms with E-state index in [1.807, 2.05) is 5.38 Å². The van der Waals surface area contributed by atoms with Gasteiger partial charge in [0.05, 0.1) is 5.69 Å². The summed E-state index contributed by atoms with van der Waals surface area (Å²) in [7, 11) is 0. The van der Waals surface area contributed by atoms with Crippen molar-refractivity contribution in [2.75, 3.05) is 23.3 Å². The van der Waals surface area contributed by atoms with Crippen LogP contribution in [0.15, 0.2) is 10.5 Å². The van der Waals surface area contributed by atoms with Gasteiger partial charge in [-0.05, 0) is 32.1 Å². The molecule has 25 heavy (non-hydrogen) atoms. The Bertz CT molecular complexity index is 748. The molecular formula is C16H22N6OS2. The standard InChI is InChI=1S/C16H22N6OS2/c1-11(23)17-14-18-12(9-24-14)10-25-16-20-19-15(22(16)13-5-6-13)21-7-3-2-4-8-21/h9,13H,2-8,10H2,1H3,(H,17,18,23). The lowest BCUT2D eigenvalue weighted by Gasteiger charge is -2.27. The molecule has 0 radical (unpaired) electrons. The monoisotopic (exact) mass is 378 g/mol. The van der Waals surface area contributed by atoms with Crippen LogP contribution in [0.2, 0.25) is 0 Å². The number of carbonyl (C=O) groups excluding carboxylic acids is 1. The second kappa shape index (κ2) is 7.33. The molecule has 0 aromatic carbocycles. The third kappa shape index (κ3) is 3.98. The number of rotatable bonds is 6. The highest BCUT2D eigenvalue weighted by Gasteiger charge is 2.32. The van der Waals surface area contributed by atoms with E-state index in [0.29, 0.717) is 11.2 Å². The fraction of sp³-hybridized carbons (Fsp3) is 0.625. The van der Waals surface area contributed by atoms with Crippen molar-refractivity contribution in [1.29, 1.82) is 0 Å². The molecule has 134 valence electrons. The fourth-order valence-electron chi connectivity index (χ4n) is 3.05. The Hall–Kier alpha value is -1.61. The number of nitrogens with one attached hydrogen (secondary N) is 1. The molecule has 2 fully saturated rings. The van der Waals surface area contributed by atoms with Crippen LogP contribution < -0.4 is 10.2 Å². The highest BCUT2D eigenvalue weighted by molar-refractivity contribution is 7.98. The Morgan fingerprint density at radius 1 is 1.32 bits per heavy atom. The first-order chi connectivity index (χ1) is 12.2. The van der Waals surface area contributed by atoms with Gasteiger partial charge >= 0.3 is 0 Å². The van der Waals surface area contributed by atoms with Crippen molar-refractivity contribution < 1.29 is 4.79 Å². The van der Waals surface area contributed by atoms with Crippen LogP contribution in [0.3, 0.4) is 0 Å². The van der Waals surface area contributed by atoms with Gasteiger partial charge in [-0.25, -0.2) is 4.98 Å². The Kier molecular flexibility index (Phi) is 4.93. The Labute approximate surface area is 155 Å². The highest BCUT2D eigenvalue weighted by atomic mass is 32.2. The lowest BCUT2D eigenvalue weighted by molar-refractivity contribution is -0.114. The van der Waals surface area contributed by atoms with Crippen molar-refractivity contribution in [2.45, 2.75) is 56.0 Å². The molecule has 1 saturated carbocycles. The van der Waals surface area contributed by atoms with Gasteiger partial charge in [-0.15, -0.1) is 21.5 Å². The van der Waals surface area contributed by atoms with Crippen LogP contribution >= 0.6 is 23.1 Å². The molecule has 4 rings (SSSR count). The van der Waals surface area contributed by atoms with Crippen molar-refractivity contribution >= 4 is 40.1 Å². The first-order valence-electron chi connectivity index (χ1n) is 8.75. The minimum atomic E-state index is -0.0896. The van der Waals surface area contributed by atoms with Crippen molar-refractivity contribution in [3.63, 3.8) is 0 Å². The van der Waals surface area contributed by atoms with Gasteiger partial charge in [0.2, 0.25) is 11.9 Å². The van der Waals surface area contributed by atoms with E-state index >= 15 is 0 Å². The number of hydrogen-bond donors (Lipinski definition) is 1. The van der Waals surface area contributed by atoms with Crippen LogP contribution in [0.5, 0.6) is 0 Å². The molecule has 0 atom stereocenters. The van der Waals surface area contributed by atoms with Crippen molar-refractivity contribution in [1.82, 2.24) is 19.7 Å². The van der Waals surface area contributed by atoms with E-state index in [9.17, 15) is 4.79 Å². The molecule has 2 aromatic heterocycles. The lowest BCUT2D eigenvalue weighted by atomic mass is 10.1. The maximum absolute atomic E-state index is 11.1. The second-order valence-corrected chi connectivity index (χ2v) is 8.35. The van der Waals surface area contributed by atoms with Gasteiger partial charge in [0.15, 0.2) is 10.3 Å². The summed E-state index contributed by atoms with van der Waals surface area (Å²) in [6.07, 6.45) is 6.23. The zero-order valence-electron chi connectivity index (χ0n) is 14.3. The molecule has 1 N–H and O–H groups in total. The molecule has 7 nitrogen and oxygen atoms in total. The number of anilines is 2. The van der Waals surface area contributed by atoms with Gasteiger partial charge in [0, 0.05) is 37.2 Å². The topological polar surface area (TPSA) is 75.9 Å². The number of nitrogens with zero attached hydrogens (tertiary/aromatic N) is 5. The Balaban J connectivity index is 1.46. The molecule has 1 aliphatic carbocycles. The SMILES string of the molecule is CC(=O)Nc1nc(CSc2nnc(N3CCCCC3)n2C2CC2)cs1. The number of carbonyl (C=O) groups is 1. The number of piperidine rings is 1. The van der Waals surface area contributed by atoms with E-state index in [1.165, 1.54) is 50.4 Å². The number of hydrogen-bond acceptors (Lipinski definition) is 7. The molecule has 1 aliphatic heterocycles. The van der Waals surface area contributed by atoms with E-state index < -0.39 is 0 Å². The van der Waals surface area contributed by atoms with Crippen molar-refractivity contribution in [3.8, 4) is 0 Å². The van der Waals surface area contributed by atoms with Crippen LogP contribution in [0, 0.1) is 0 Å². The first kappa shape index (κ1) is 16.8. The highest BCUT2D eigenvalue weighted by Crippen LogP contribution is 2.41. The molecular weight excluding hydrogens is 356 g/mol. The maximum Gasteiger partial charge on any atom is 0.228 e. The predicted molar refractivity (Wildman–Crippen MR) is 100 cm³/mol. The van der Waals surface area contributed by atoms with E-state index in [2.05, 4.69) is 30.0 Å². The molecule has 0 spiro atoms. The van der Waals surface area contributed by atoms with Crippen molar-refractivity contribution in [3.05, 3.63) is 11.1 Å². The Morgan fingerprint density at radius 3 is 2.84 bits per heavy atom. The predicted octanol–water partition coefficient (Wildman–Crippen LogP) is 3.31. The normalized spacial score (nSPS) is 17.7. The van der Waals surface area contributed by atoms with Crippen molar-refractivity contribution in [2.24, 2.45) is 0 Å². The number of thioether (sulfide) groups is 1. The van der Waals surface area contributed by atoms with E-state index in [4.69, 9.17) is 0 Å². The van der Waals surface area contributed by atoms with Crippen LogP contribution in [-0.4, -0.2) is 38.7 Å². The Morgan fingerprint density at radius 2 is 2.12 bits per heavy atom. The van der Waals surface area contributed by atoms with Crippen LogP contribution in [-0.2, 0) is 10.5 Å². The van der Waals surface area contributed by atoms with Gasteiger partial charge in [-0.3, -0.25) is 9.36 Å². The smallest absolute Gasteiger partial charge is 0.228 e. The zero-order valence-corrected chi connectivity index (χ0v) is 15.9. The summed E-state index contributed by atoms with van der Waals surface area (Å²) >= 11 is 3.14. The summed E-state index contributed by atoms with van der Waals surface area (Å²) in [4.78, 5) is 17.9. The van der Waals surface area contributed by atoms with Gasteiger partial charge < -0.3 is 10.2 Å². The summed E-state index contributed by atoms with van der Waals surface area (Å²) in [5.41, 5.74) is 0.962. The minimum Gasteiger partial charge on any atom is -0.341 e. The van der Waals surface area contributed by atoms with Gasteiger partial charge in [-0.1, -0.05) is 11.8 Å². The molecule has 1 amide bonds. The third-order valence-corrected chi connectivity index (χ3v) is 6.16. The minimum absolute atomic E-state index is 0.0896. The summed E-state index contributed by atoms with van der Waals surface area (Å²) < 4.78 is 2.33. The van der Waals surface area contributed by atoms with Crippen LogP contribution in [0.1, 0.15) is 50.8 Å². The summed E-state index contributed by atoms with van der Waals surface area (Å²) in [5.74, 6) is 1.69. The quantitative estimate of drug-likeness (QED) is 0.777. The molecule has 1 saturated heterocycles. The number of aromatic nitrogens is 4. The summed E-state index contributed by atoms with van der Waals surface area (Å²) in [6, 6.07) is 0.555. The van der Waals surface area contributed by atoms with E-state index in [1.54, 1.807) is 11.8 Å². The second-order valence-electron chi connectivity index (χ2n) is 6.55. The summed E-state index contributed by atoms with van der Waals surface area (Å²) in [5, 5.41) is 15.3. The van der Waals surface area contributed by atoms with Crippen LogP contribution in [0.25, 0.3) is 0 Å². The average molecular weight is 379 g/mol. The van der Waals surface area contributed by atoms with Gasteiger partial charge in [0.1, 0.15) is 0 Å². The fourth-order valence-corrected chi connectivity index (χ4v) is 4.80. The largest absolute Gasteiger partial charge is 0.341 e. The molecule has 2 aromatic rings. The van der Waals surface area contributed by atoms with Gasteiger partial charge in [0.25, 0.3) is 0 Å². The summed E-state index contributed by atoms with van der Waals surface area (Å²) in [6.45, 7) is 3.67. The molecule has 9 heteroatoms. The first-order valence-corrected chi connectivity index (χ1v) is 10.6. The molecule has 2 aliphatic rings.